The average molecular weight is 195 g/mol. The fourth-order valence-corrected chi connectivity index (χ4v) is 1.77. The molecule has 0 spiro atoms. The van der Waals surface area contributed by atoms with Crippen LogP contribution in [0.25, 0.3) is 11.4 Å². The molecule has 1 N–H and O–H groups in total. The van der Waals surface area contributed by atoms with Crippen molar-refractivity contribution < 1.29 is 5.11 Å². The number of hydrogen-bond acceptors (Lipinski definition) is 4. The first kappa shape index (κ1) is 8.40. The third-order valence-electron chi connectivity index (χ3n) is 1.77. The van der Waals surface area contributed by atoms with Crippen LogP contribution >= 0.6 is 11.3 Å². The predicted molar refractivity (Wildman–Crippen MR) is 50.2 cm³/mol. The van der Waals surface area contributed by atoms with Gasteiger partial charge in [0, 0.05) is 18.6 Å². The monoisotopic (exact) mass is 195 g/mol. The van der Waals surface area contributed by atoms with E-state index in [2.05, 4.69) is 10.1 Å². The van der Waals surface area contributed by atoms with Crippen LogP contribution in [0.15, 0.2) is 17.6 Å². The molecule has 0 fully saturated rings. The topological polar surface area (TPSA) is 50.9 Å². The van der Waals surface area contributed by atoms with Gasteiger partial charge in [0.1, 0.15) is 5.01 Å². The standard InChI is InChI=1S/C8H9N3OS/c1-11-7(2-3-9-11)6-5-13-8(4-12)10-6/h2-3,5,12H,4H2,1H3. The van der Waals surface area contributed by atoms with Crippen molar-refractivity contribution in [2.24, 2.45) is 7.05 Å². The maximum atomic E-state index is 8.84. The zero-order valence-corrected chi connectivity index (χ0v) is 7.95. The normalized spacial score (nSPS) is 10.6. The van der Waals surface area contributed by atoms with E-state index in [1.54, 1.807) is 10.9 Å². The number of aryl methyl sites for hydroxylation is 1. The Hall–Kier alpha value is -1.20. The summed E-state index contributed by atoms with van der Waals surface area (Å²) in [5.41, 5.74) is 1.84. The SMILES string of the molecule is Cn1nccc1-c1csc(CO)n1. The fraction of sp³-hybridized carbons (Fsp3) is 0.250. The molecule has 0 aliphatic heterocycles. The second kappa shape index (κ2) is 3.27. The quantitative estimate of drug-likeness (QED) is 0.778. The molecule has 0 saturated heterocycles. The zero-order chi connectivity index (χ0) is 9.26. The molecule has 2 rings (SSSR count). The molecule has 0 amide bonds. The van der Waals surface area contributed by atoms with Crippen molar-refractivity contribution in [1.29, 1.82) is 0 Å². The van der Waals surface area contributed by atoms with E-state index in [1.807, 2.05) is 18.5 Å². The molecule has 0 atom stereocenters. The Morgan fingerprint density at radius 3 is 3.00 bits per heavy atom. The van der Waals surface area contributed by atoms with Crippen LogP contribution in [0.1, 0.15) is 5.01 Å². The van der Waals surface area contributed by atoms with E-state index in [0.29, 0.717) is 0 Å². The van der Waals surface area contributed by atoms with Gasteiger partial charge in [0.15, 0.2) is 0 Å². The summed E-state index contributed by atoms with van der Waals surface area (Å²) >= 11 is 1.45. The maximum absolute atomic E-state index is 8.84. The Morgan fingerprint density at radius 1 is 1.62 bits per heavy atom. The van der Waals surface area contributed by atoms with Gasteiger partial charge in [-0.05, 0) is 6.07 Å². The highest BCUT2D eigenvalue weighted by atomic mass is 32.1. The van der Waals surface area contributed by atoms with Crippen LogP contribution in [0.2, 0.25) is 0 Å². The molecule has 68 valence electrons. The van der Waals surface area contributed by atoms with Crippen LogP contribution in [0.5, 0.6) is 0 Å². The smallest absolute Gasteiger partial charge is 0.119 e. The highest BCUT2D eigenvalue weighted by Gasteiger charge is 2.06. The minimum absolute atomic E-state index is 0.00250. The lowest BCUT2D eigenvalue weighted by atomic mass is 10.3. The first-order valence-corrected chi connectivity index (χ1v) is 4.73. The predicted octanol–water partition coefficient (Wildman–Crippen LogP) is 1.04. The fourth-order valence-electron chi connectivity index (χ4n) is 1.13. The molecule has 0 radical (unpaired) electrons. The molecule has 0 aromatic carbocycles. The lowest BCUT2D eigenvalue weighted by Gasteiger charge is -1.95. The molecular formula is C8H9N3OS. The van der Waals surface area contributed by atoms with Crippen molar-refractivity contribution in [3.05, 3.63) is 22.7 Å². The van der Waals surface area contributed by atoms with Gasteiger partial charge in [0.05, 0.1) is 18.0 Å². The molecule has 4 nitrogen and oxygen atoms in total. The molecule has 2 aromatic heterocycles. The van der Waals surface area contributed by atoms with E-state index < -0.39 is 0 Å². The molecule has 2 heterocycles. The number of hydrogen-bond donors (Lipinski definition) is 1. The molecule has 0 aliphatic carbocycles. The van der Waals surface area contributed by atoms with Gasteiger partial charge in [-0.1, -0.05) is 0 Å². The van der Waals surface area contributed by atoms with Crippen LogP contribution in [-0.2, 0) is 13.7 Å². The van der Waals surface area contributed by atoms with Crippen molar-refractivity contribution in [3.8, 4) is 11.4 Å². The van der Waals surface area contributed by atoms with Gasteiger partial charge < -0.3 is 5.11 Å². The molecule has 13 heavy (non-hydrogen) atoms. The minimum atomic E-state index is 0.00250. The largest absolute Gasteiger partial charge is 0.389 e. The number of nitrogens with zero attached hydrogens (tertiary/aromatic N) is 3. The van der Waals surface area contributed by atoms with E-state index in [-0.39, 0.29) is 6.61 Å². The van der Waals surface area contributed by atoms with E-state index in [1.165, 1.54) is 11.3 Å². The Kier molecular flexibility index (Phi) is 2.12. The van der Waals surface area contributed by atoms with E-state index in [9.17, 15) is 0 Å². The van der Waals surface area contributed by atoms with Crippen molar-refractivity contribution in [1.82, 2.24) is 14.8 Å². The summed E-state index contributed by atoms with van der Waals surface area (Å²) in [7, 11) is 1.87. The summed E-state index contributed by atoms with van der Waals surface area (Å²) in [5.74, 6) is 0. The molecule has 0 aliphatic rings. The van der Waals surface area contributed by atoms with Crippen LogP contribution in [0, 0.1) is 0 Å². The molecule has 0 saturated carbocycles. The summed E-state index contributed by atoms with van der Waals surface area (Å²) < 4.78 is 1.76. The first-order valence-electron chi connectivity index (χ1n) is 3.85. The lowest BCUT2D eigenvalue weighted by molar-refractivity contribution is 0.281. The van der Waals surface area contributed by atoms with Gasteiger partial charge in [0.25, 0.3) is 0 Å². The average Bonchev–Trinajstić information content (AvgIpc) is 2.71. The Morgan fingerprint density at radius 2 is 2.46 bits per heavy atom. The van der Waals surface area contributed by atoms with Crippen LogP contribution in [0.4, 0.5) is 0 Å². The van der Waals surface area contributed by atoms with Crippen molar-refractivity contribution >= 4 is 11.3 Å². The Labute approximate surface area is 79.5 Å². The second-order valence-corrected chi connectivity index (χ2v) is 3.57. The number of aliphatic hydroxyl groups excluding tert-OH is 1. The van der Waals surface area contributed by atoms with Crippen molar-refractivity contribution in [2.45, 2.75) is 6.61 Å². The summed E-state index contributed by atoms with van der Waals surface area (Å²) in [4.78, 5) is 4.24. The minimum Gasteiger partial charge on any atom is -0.389 e. The summed E-state index contributed by atoms with van der Waals surface area (Å²) in [6, 6.07) is 1.90. The second-order valence-electron chi connectivity index (χ2n) is 2.62. The van der Waals surface area contributed by atoms with Gasteiger partial charge in [-0.2, -0.15) is 5.10 Å². The van der Waals surface area contributed by atoms with E-state index >= 15 is 0 Å². The Balaban J connectivity index is 2.41. The van der Waals surface area contributed by atoms with E-state index in [4.69, 9.17) is 5.11 Å². The summed E-state index contributed by atoms with van der Waals surface area (Å²) in [6.45, 7) is 0.00250. The van der Waals surface area contributed by atoms with Gasteiger partial charge >= 0.3 is 0 Å². The summed E-state index contributed by atoms with van der Waals surface area (Å²) in [5, 5.41) is 15.5. The molecule has 2 aromatic rings. The van der Waals surface area contributed by atoms with Crippen molar-refractivity contribution in [2.75, 3.05) is 0 Å². The number of aromatic nitrogens is 3. The highest BCUT2D eigenvalue weighted by molar-refractivity contribution is 7.09. The van der Waals surface area contributed by atoms with Gasteiger partial charge in [-0.3, -0.25) is 4.68 Å². The van der Waals surface area contributed by atoms with Crippen LogP contribution < -0.4 is 0 Å². The van der Waals surface area contributed by atoms with Gasteiger partial charge in [0.2, 0.25) is 0 Å². The van der Waals surface area contributed by atoms with Crippen molar-refractivity contribution in [3.63, 3.8) is 0 Å². The Bertz CT molecular complexity index is 407. The first-order chi connectivity index (χ1) is 6.31. The zero-order valence-electron chi connectivity index (χ0n) is 7.14. The molecular weight excluding hydrogens is 186 g/mol. The molecule has 0 bridgehead atoms. The molecule has 0 unspecified atom stereocenters. The van der Waals surface area contributed by atoms with Crippen LogP contribution in [0.3, 0.4) is 0 Å². The number of aliphatic hydroxyl groups is 1. The maximum Gasteiger partial charge on any atom is 0.119 e. The summed E-state index contributed by atoms with van der Waals surface area (Å²) in [6.07, 6.45) is 1.73. The highest BCUT2D eigenvalue weighted by Crippen LogP contribution is 2.20. The third kappa shape index (κ3) is 1.48. The van der Waals surface area contributed by atoms with Gasteiger partial charge in [-0.25, -0.2) is 4.98 Å². The number of rotatable bonds is 2. The van der Waals surface area contributed by atoms with Gasteiger partial charge in [-0.15, -0.1) is 11.3 Å². The molecule has 5 heteroatoms. The lowest BCUT2D eigenvalue weighted by Crippen LogP contribution is -1.93. The van der Waals surface area contributed by atoms with E-state index in [0.717, 1.165) is 16.4 Å². The number of thiazole rings is 1. The third-order valence-corrected chi connectivity index (χ3v) is 2.60. The van der Waals surface area contributed by atoms with Crippen LogP contribution in [-0.4, -0.2) is 19.9 Å².